The number of carbonyl (C=O) groups excluding carboxylic acids is 1. The molecule has 6 nitrogen and oxygen atoms in total. The molecule has 0 radical (unpaired) electrons. The Morgan fingerprint density at radius 3 is 2.88 bits per heavy atom. The minimum absolute atomic E-state index is 0.0166. The van der Waals surface area contributed by atoms with Crippen molar-refractivity contribution in [2.24, 2.45) is 5.41 Å². The Hall–Kier alpha value is -2.37. The summed E-state index contributed by atoms with van der Waals surface area (Å²) in [6.45, 7) is 5.74. The van der Waals surface area contributed by atoms with E-state index in [1.807, 2.05) is 31.8 Å². The molecule has 1 aliphatic rings. The Bertz CT molecular complexity index is 708. The standard InChI is InChI=1S/C19H27N5O/c1-15-4-7-21-17(10-15)11-16(2)23(3)18(25)22-12-19(5-6-19)13-24-9-8-20-14-24/h4,7-10,14,16H,5-6,11-13H2,1-3H3,(H,22,25). The molecule has 2 amide bonds. The molecule has 2 heterocycles. The van der Waals surface area contributed by atoms with Gasteiger partial charge in [-0.15, -0.1) is 0 Å². The Kier molecular flexibility index (Phi) is 5.06. The van der Waals surface area contributed by atoms with Gasteiger partial charge in [-0.25, -0.2) is 9.78 Å². The Morgan fingerprint density at radius 2 is 2.24 bits per heavy atom. The van der Waals surface area contributed by atoms with Crippen LogP contribution in [0.2, 0.25) is 0 Å². The van der Waals surface area contributed by atoms with Crippen molar-refractivity contribution in [2.75, 3.05) is 13.6 Å². The van der Waals surface area contributed by atoms with Crippen LogP contribution in [-0.2, 0) is 13.0 Å². The largest absolute Gasteiger partial charge is 0.337 e. The molecule has 2 aromatic rings. The molecule has 1 aliphatic carbocycles. The number of urea groups is 1. The zero-order chi connectivity index (χ0) is 17.9. The van der Waals surface area contributed by atoms with Crippen LogP contribution in [0.1, 0.15) is 31.0 Å². The first-order chi connectivity index (χ1) is 12.0. The van der Waals surface area contributed by atoms with E-state index in [4.69, 9.17) is 0 Å². The van der Waals surface area contributed by atoms with Crippen molar-refractivity contribution in [3.05, 3.63) is 48.3 Å². The second-order valence-corrected chi connectivity index (χ2v) is 7.38. The molecule has 134 valence electrons. The third-order valence-corrected chi connectivity index (χ3v) is 5.11. The molecule has 1 saturated carbocycles. The monoisotopic (exact) mass is 341 g/mol. The highest BCUT2D eigenvalue weighted by molar-refractivity contribution is 5.74. The number of aryl methyl sites for hydroxylation is 1. The predicted molar refractivity (Wildman–Crippen MR) is 97.2 cm³/mol. The van der Waals surface area contributed by atoms with Crippen LogP contribution >= 0.6 is 0 Å². The van der Waals surface area contributed by atoms with Crippen LogP contribution in [0.25, 0.3) is 0 Å². The second kappa shape index (κ2) is 7.25. The van der Waals surface area contributed by atoms with Gasteiger partial charge < -0.3 is 14.8 Å². The van der Waals surface area contributed by atoms with E-state index < -0.39 is 0 Å². The van der Waals surface area contributed by atoms with Gasteiger partial charge in [0.1, 0.15) is 0 Å². The number of imidazole rings is 1. The van der Waals surface area contributed by atoms with Gasteiger partial charge in [0.2, 0.25) is 0 Å². The maximum atomic E-state index is 12.5. The van der Waals surface area contributed by atoms with Crippen LogP contribution in [0.4, 0.5) is 4.79 Å². The van der Waals surface area contributed by atoms with Crippen molar-refractivity contribution in [1.29, 1.82) is 0 Å². The average molecular weight is 341 g/mol. The van der Waals surface area contributed by atoms with Gasteiger partial charge in [0, 0.05) is 62.3 Å². The minimum atomic E-state index is -0.0166. The van der Waals surface area contributed by atoms with Crippen LogP contribution in [0, 0.1) is 12.3 Å². The van der Waals surface area contributed by atoms with Crippen molar-refractivity contribution >= 4 is 6.03 Å². The molecular weight excluding hydrogens is 314 g/mol. The maximum Gasteiger partial charge on any atom is 0.317 e. The summed E-state index contributed by atoms with van der Waals surface area (Å²) in [4.78, 5) is 22.7. The average Bonchev–Trinajstić information content (AvgIpc) is 3.15. The molecule has 0 bridgehead atoms. The molecule has 1 N–H and O–H groups in total. The van der Waals surface area contributed by atoms with Gasteiger partial charge in [-0.3, -0.25) is 4.98 Å². The number of hydrogen-bond donors (Lipinski definition) is 1. The van der Waals surface area contributed by atoms with Gasteiger partial charge >= 0.3 is 6.03 Å². The summed E-state index contributed by atoms with van der Waals surface area (Å²) < 4.78 is 2.09. The first kappa shape index (κ1) is 17.5. The SMILES string of the molecule is Cc1ccnc(CC(C)N(C)C(=O)NCC2(Cn3ccnc3)CC2)c1. The summed E-state index contributed by atoms with van der Waals surface area (Å²) in [5.41, 5.74) is 2.41. The maximum absolute atomic E-state index is 12.5. The lowest BCUT2D eigenvalue weighted by Gasteiger charge is -2.26. The third-order valence-electron chi connectivity index (χ3n) is 5.11. The number of pyridine rings is 1. The quantitative estimate of drug-likeness (QED) is 0.842. The summed E-state index contributed by atoms with van der Waals surface area (Å²) in [7, 11) is 1.85. The van der Waals surface area contributed by atoms with E-state index in [9.17, 15) is 4.79 Å². The lowest BCUT2D eigenvalue weighted by atomic mass is 10.1. The van der Waals surface area contributed by atoms with Crippen molar-refractivity contribution in [2.45, 2.75) is 45.7 Å². The number of aromatic nitrogens is 3. The van der Waals surface area contributed by atoms with Gasteiger partial charge in [-0.05, 0) is 44.4 Å². The number of hydrogen-bond acceptors (Lipinski definition) is 3. The molecule has 1 atom stereocenters. The number of carbonyl (C=O) groups is 1. The van der Waals surface area contributed by atoms with Gasteiger partial charge in [0.25, 0.3) is 0 Å². The van der Waals surface area contributed by atoms with Gasteiger partial charge in [-0.1, -0.05) is 0 Å². The van der Waals surface area contributed by atoms with E-state index in [0.29, 0.717) is 6.54 Å². The Morgan fingerprint density at radius 1 is 1.44 bits per heavy atom. The topological polar surface area (TPSA) is 63.1 Å². The van der Waals surface area contributed by atoms with E-state index in [1.54, 1.807) is 11.1 Å². The fraction of sp³-hybridized carbons (Fsp3) is 0.526. The molecule has 0 spiro atoms. The molecule has 1 fully saturated rings. The van der Waals surface area contributed by atoms with Crippen molar-refractivity contribution < 1.29 is 4.79 Å². The molecule has 1 unspecified atom stereocenters. The van der Waals surface area contributed by atoms with E-state index in [0.717, 1.165) is 31.5 Å². The van der Waals surface area contributed by atoms with E-state index in [1.165, 1.54) is 5.56 Å². The zero-order valence-corrected chi connectivity index (χ0v) is 15.3. The first-order valence-corrected chi connectivity index (χ1v) is 8.85. The van der Waals surface area contributed by atoms with Gasteiger partial charge in [0.15, 0.2) is 0 Å². The smallest absolute Gasteiger partial charge is 0.317 e. The zero-order valence-electron chi connectivity index (χ0n) is 15.3. The fourth-order valence-corrected chi connectivity index (χ4v) is 3.07. The number of amides is 2. The molecule has 0 aliphatic heterocycles. The molecule has 0 saturated heterocycles. The Labute approximate surface area is 149 Å². The number of likely N-dealkylation sites (N-methyl/N-ethyl adjacent to an activating group) is 1. The summed E-state index contributed by atoms with van der Waals surface area (Å²) in [6, 6.07) is 4.14. The number of nitrogens with one attached hydrogen (secondary N) is 1. The van der Waals surface area contributed by atoms with Crippen LogP contribution in [0.5, 0.6) is 0 Å². The third kappa shape index (κ3) is 4.59. The summed E-state index contributed by atoms with van der Waals surface area (Å²) in [5.74, 6) is 0. The van der Waals surface area contributed by atoms with E-state index >= 15 is 0 Å². The van der Waals surface area contributed by atoms with Crippen LogP contribution in [0.15, 0.2) is 37.1 Å². The molecular formula is C19H27N5O. The molecule has 0 aromatic carbocycles. The van der Waals surface area contributed by atoms with Crippen LogP contribution in [0.3, 0.4) is 0 Å². The summed E-state index contributed by atoms with van der Waals surface area (Å²) in [5, 5.41) is 3.11. The molecule has 2 aromatic heterocycles. The van der Waals surface area contributed by atoms with Crippen LogP contribution < -0.4 is 5.32 Å². The molecule has 25 heavy (non-hydrogen) atoms. The van der Waals surface area contributed by atoms with Crippen molar-refractivity contribution in [3.63, 3.8) is 0 Å². The number of rotatable bonds is 7. The summed E-state index contributed by atoms with van der Waals surface area (Å²) >= 11 is 0. The summed E-state index contributed by atoms with van der Waals surface area (Å²) in [6.07, 6.45) is 10.5. The molecule has 6 heteroatoms. The van der Waals surface area contributed by atoms with Crippen LogP contribution in [-0.4, -0.2) is 45.1 Å². The lowest BCUT2D eigenvalue weighted by molar-refractivity contribution is 0.190. The highest BCUT2D eigenvalue weighted by Crippen LogP contribution is 2.46. The normalized spacial score (nSPS) is 16.3. The van der Waals surface area contributed by atoms with E-state index in [2.05, 4.69) is 39.8 Å². The first-order valence-electron chi connectivity index (χ1n) is 8.85. The second-order valence-electron chi connectivity index (χ2n) is 7.38. The van der Waals surface area contributed by atoms with Gasteiger partial charge in [0.05, 0.1) is 6.33 Å². The van der Waals surface area contributed by atoms with Gasteiger partial charge in [-0.2, -0.15) is 0 Å². The minimum Gasteiger partial charge on any atom is -0.337 e. The number of nitrogens with zero attached hydrogens (tertiary/aromatic N) is 4. The highest BCUT2D eigenvalue weighted by Gasteiger charge is 2.43. The fourth-order valence-electron chi connectivity index (χ4n) is 3.07. The Balaban J connectivity index is 1.49. The highest BCUT2D eigenvalue weighted by atomic mass is 16.2. The lowest BCUT2D eigenvalue weighted by Crippen LogP contribution is -2.45. The predicted octanol–water partition coefficient (Wildman–Crippen LogP) is 2.64. The van der Waals surface area contributed by atoms with E-state index in [-0.39, 0.29) is 17.5 Å². The van der Waals surface area contributed by atoms with Crippen molar-refractivity contribution in [3.8, 4) is 0 Å². The van der Waals surface area contributed by atoms with Crippen molar-refractivity contribution in [1.82, 2.24) is 24.8 Å². The molecule has 3 rings (SSSR count).